The number of aryl methyl sites for hydroxylation is 1. The van der Waals surface area contributed by atoms with E-state index < -0.39 is 5.97 Å². The molecule has 0 aliphatic rings. The van der Waals surface area contributed by atoms with Crippen molar-refractivity contribution in [3.63, 3.8) is 0 Å². The Balaban J connectivity index is 2.15. The van der Waals surface area contributed by atoms with Crippen molar-refractivity contribution in [3.8, 4) is 11.5 Å². The summed E-state index contributed by atoms with van der Waals surface area (Å²) in [5.74, 6) is -0.104. The number of hydrogen-bond acceptors (Lipinski definition) is 4. The van der Waals surface area contributed by atoms with Gasteiger partial charge in [-0.1, -0.05) is 0 Å². The first kappa shape index (κ1) is 13.9. The van der Waals surface area contributed by atoms with E-state index in [2.05, 4.69) is 4.98 Å². The molecule has 1 aromatic heterocycles. The number of carbonyl (C=O) groups is 1. The lowest BCUT2D eigenvalue weighted by Crippen LogP contribution is -2.05. The molecule has 0 spiro atoms. The highest BCUT2D eigenvalue weighted by atomic mass is 16.5. The second kappa shape index (κ2) is 6.10. The van der Waals surface area contributed by atoms with Gasteiger partial charge in [0.05, 0.1) is 30.9 Å². The molecule has 0 atom stereocenters. The van der Waals surface area contributed by atoms with Crippen molar-refractivity contribution in [1.82, 2.24) is 9.55 Å². The largest absolute Gasteiger partial charge is 0.493 e. The fourth-order valence-corrected chi connectivity index (χ4v) is 1.82. The number of hydrogen-bond donors (Lipinski definition) is 1. The molecule has 0 radical (unpaired) electrons. The van der Waals surface area contributed by atoms with Crippen LogP contribution in [0.3, 0.4) is 0 Å². The van der Waals surface area contributed by atoms with Gasteiger partial charge in [-0.05, 0) is 25.1 Å². The summed E-state index contributed by atoms with van der Waals surface area (Å²) < 4.78 is 12.8. The first-order valence-electron chi connectivity index (χ1n) is 6.18. The minimum atomic E-state index is -1.00. The van der Waals surface area contributed by atoms with Crippen molar-refractivity contribution in [3.05, 3.63) is 42.0 Å². The second-order valence-corrected chi connectivity index (χ2v) is 4.13. The maximum absolute atomic E-state index is 10.9. The third-order valence-corrected chi connectivity index (χ3v) is 2.93. The van der Waals surface area contributed by atoms with Crippen LogP contribution in [0.5, 0.6) is 11.5 Å². The van der Waals surface area contributed by atoms with Gasteiger partial charge in [0.1, 0.15) is 6.61 Å². The smallest absolute Gasteiger partial charge is 0.335 e. The van der Waals surface area contributed by atoms with Crippen molar-refractivity contribution in [2.45, 2.75) is 20.1 Å². The first-order chi connectivity index (χ1) is 9.65. The van der Waals surface area contributed by atoms with Gasteiger partial charge in [-0.2, -0.15) is 0 Å². The quantitative estimate of drug-likeness (QED) is 0.875. The Labute approximate surface area is 116 Å². The number of methoxy groups -OCH3 is 1. The van der Waals surface area contributed by atoms with E-state index in [9.17, 15) is 4.79 Å². The summed E-state index contributed by atoms with van der Waals surface area (Å²) in [6.07, 6.45) is 3.48. The van der Waals surface area contributed by atoms with Crippen LogP contribution in [0.1, 0.15) is 23.0 Å². The van der Waals surface area contributed by atoms with Gasteiger partial charge in [-0.3, -0.25) is 0 Å². The Hall–Kier alpha value is -2.50. The lowest BCUT2D eigenvalue weighted by Gasteiger charge is -2.12. The number of carboxylic acids is 1. The summed E-state index contributed by atoms with van der Waals surface area (Å²) in [5.41, 5.74) is 1.10. The first-order valence-corrected chi connectivity index (χ1v) is 6.18. The molecular weight excluding hydrogens is 260 g/mol. The summed E-state index contributed by atoms with van der Waals surface area (Å²) in [6.45, 7) is 3.18. The topological polar surface area (TPSA) is 73.6 Å². The van der Waals surface area contributed by atoms with Gasteiger partial charge in [0, 0.05) is 6.54 Å². The number of carboxylic acid groups (broad SMARTS) is 1. The fraction of sp³-hybridized carbons (Fsp3) is 0.286. The normalized spacial score (nSPS) is 10.3. The number of nitrogens with zero attached hydrogens (tertiary/aromatic N) is 2. The molecular formula is C14H16N2O4. The summed E-state index contributed by atoms with van der Waals surface area (Å²) in [6, 6.07) is 4.51. The number of benzene rings is 1. The number of imidazole rings is 1. The van der Waals surface area contributed by atoms with Crippen molar-refractivity contribution in [1.29, 1.82) is 0 Å². The average Bonchev–Trinajstić information content (AvgIpc) is 2.92. The van der Waals surface area contributed by atoms with E-state index in [4.69, 9.17) is 14.6 Å². The van der Waals surface area contributed by atoms with Gasteiger partial charge < -0.3 is 19.1 Å². The van der Waals surface area contributed by atoms with Crippen molar-refractivity contribution in [2.24, 2.45) is 0 Å². The molecule has 0 aliphatic heterocycles. The molecule has 1 heterocycles. The average molecular weight is 276 g/mol. The van der Waals surface area contributed by atoms with Crippen LogP contribution in [-0.4, -0.2) is 27.7 Å². The SMILES string of the molecule is CCn1cncc1COc1ccc(C(=O)O)cc1OC. The Morgan fingerprint density at radius 2 is 2.20 bits per heavy atom. The molecule has 6 heteroatoms. The second-order valence-electron chi connectivity index (χ2n) is 4.13. The molecule has 20 heavy (non-hydrogen) atoms. The van der Waals surface area contributed by atoms with Crippen LogP contribution in [0.25, 0.3) is 0 Å². The van der Waals surface area contributed by atoms with E-state index in [1.165, 1.54) is 19.2 Å². The number of ether oxygens (including phenoxy) is 2. The monoisotopic (exact) mass is 276 g/mol. The van der Waals surface area contributed by atoms with E-state index >= 15 is 0 Å². The van der Waals surface area contributed by atoms with E-state index in [1.807, 2.05) is 11.5 Å². The zero-order chi connectivity index (χ0) is 14.5. The molecule has 0 fully saturated rings. The van der Waals surface area contributed by atoms with Gasteiger partial charge in [0.2, 0.25) is 0 Å². The van der Waals surface area contributed by atoms with E-state index in [1.54, 1.807) is 18.6 Å². The van der Waals surface area contributed by atoms with Crippen LogP contribution in [0, 0.1) is 0 Å². The highest BCUT2D eigenvalue weighted by Gasteiger charge is 2.11. The molecule has 1 N–H and O–H groups in total. The molecule has 2 rings (SSSR count). The highest BCUT2D eigenvalue weighted by molar-refractivity contribution is 5.88. The Kier molecular flexibility index (Phi) is 4.24. The van der Waals surface area contributed by atoms with Gasteiger partial charge in [0.25, 0.3) is 0 Å². The Morgan fingerprint density at radius 1 is 1.40 bits per heavy atom. The van der Waals surface area contributed by atoms with Crippen LogP contribution in [0.15, 0.2) is 30.7 Å². The fourth-order valence-electron chi connectivity index (χ4n) is 1.82. The van der Waals surface area contributed by atoms with E-state index in [0.717, 1.165) is 12.2 Å². The molecule has 0 saturated carbocycles. The van der Waals surface area contributed by atoms with Crippen LogP contribution in [0.2, 0.25) is 0 Å². The Bertz CT molecular complexity index is 607. The summed E-state index contributed by atoms with van der Waals surface area (Å²) in [7, 11) is 1.48. The zero-order valence-corrected chi connectivity index (χ0v) is 11.4. The maximum atomic E-state index is 10.9. The third kappa shape index (κ3) is 2.90. The molecule has 2 aromatic rings. The van der Waals surface area contributed by atoms with Crippen LogP contribution < -0.4 is 9.47 Å². The molecule has 0 saturated heterocycles. The summed E-state index contributed by atoms with van der Waals surface area (Å²) >= 11 is 0. The molecule has 0 bridgehead atoms. The number of rotatable bonds is 6. The van der Waals surface area contributed by atoms with Crippen LogP contribution >= 0.6 is 0 Å². The summed E-state index contributed by atoms with van der Waals surface area (Å²) in [4.78, 5) is 15.0. The minimum Gasteiger partial charge on any atom is -0.493 e. The third-order valence-electron chi connectivity index (χ3n) is 2.93. The van der Waals surface area contributed by atoms with Gasteiger partial charge >= 0.3 is 5.97 Å². The molecule has 0 amide bonds. The number of aromatic nitrogens is 2. The van der Waals surface area contributed by atoms with Crippen LogP contribution in [-0.2, 0) is 13.2 Å². The van der Waals surface area contributed by atoms with Crippen molar-refractivity contribution < 1.29 is 19.4 Å². The lowest BCUT2D eigenvalue weighted by molar-refractivity contribution is 0.0696. The van der Waals surface area contributed by atoms with E-state index in [0.29, 0.717) is 18.1 Å². The lowest BCUT2D eigenvalue weighted by atomic mass is 10.2. The van der Waals surface area contributed by atoms with Gasteiger partial charge in [-0.25, -0.2) is 9.78 Å². The molecule has 6 nitrogen and oxygen atoms in total. The summed E-state index contributed by atoms with van der Waals surface area (Å²) in [5, 5.41) is 8.94. The zero-order valence-electron chi connectivity index (χ0n) is 11.4. The van der Waals surface area contributed by atoms with Gasteiger partial charge in [-0.15, -0.1) is 0 Å². The molecule has 1 aromatic carbocycles. The predicted octanol–water partition coefficient (Wildman–Crippen LogP) is 2.19. The number of aromatic carboxylic acids is 1. The molecule has 0 aliphatic carbocycles. The molecule has 0 unspecified atom stereocenters. The minimum absolute atomic E-state index is 0.160. The predicted molar refractivity (Wildman–Crippen MR) is 72.2 cm³/mol. The molecule has 106 valence electrons. The van der Waals surface area contributed by atoms with Crippen molar-refractivity contribution >= 4 is 5.97 Å². The van der Waals surface area contributed by atoms with Crippen molar-refractivity contribution in [2.75, 3.05) is 7.11 Å². The van der Waals surface area contributed by atoms with Crippen LogP contribution in [0.4, 0.5) is 0 Å². The van der Waals surface area contributed by atoms with Gasteiger partial charge in [0.15, 0.2) is 11.5 Å². The standard InChI is InChI=1S/C14H16N2O4/c1-3-16-9-15-7-11(16)8-20-12-5-4-10(14(17)18)6-13(12)19-2/h4-7,9H,3,8H2,1-2H3,(H,17,18). The maximum Gasteiger partial charge on any atom is 0.335 e. The Morgan fingerprint density at radius 3 is 2.85 bits per heavy atom. The van der Waals surface area contributed by atoms with E-state index in [-0.39, 0.29) is 5.56 Å². The highest BCUT2D eigenvalue weighted by Crippen LogP contribution is 2.28.